The molecular weight excluding hydrogens is 715 g/mol. The molecule has 56 heavy (non-hydrogen) atoms. The Balaban J connectivity index is 1.04. The lowest BCUT2D eigenvalue weighted by atomic mass is 9.67. The molecule has 0 N–H and O–H groups in total. The maximum Gasteiger partial charge on any atom is 0.0714 e. The number of thiophene rings is 2. The quantitative estimate of drug-likeness (QED) is 0.169. The highest BCUT2D eigenvalue weighted by Crippen LogP contribution is 2.56. The Bertz CT molecular complexity index is 3270. The van der Waals surface area contributed by atoms with Crippen LogP contribution in [-0.2, 0) is 5.41 Å². The van der Waals surface area contributed by atoms with Gasteiger partial charge in [0.2, 0.25) is 0 Å². The molecule has 9 aromatic carbocycles. The van der Waals surface area contributed by atoms with Crippen molar-refractivity contribution >= 4 is 90.9 Å². The Morgan fingerprint density at radius 3 is 1.57 bits per heavy atom. The van der Waals surface area contributed by atoms with Crippen molar-refractivity contribution < 1.29 is 0 Å². The molecule has 2 aromatic heterocycles. The fraction of sp³-hybridized carbons (Fsp3) is 0.0189. The summed E-state index contributed by atoms with van der Waals surface area (Å²) in [5.41, 5.74) is 10.7. The van der Waals surface area contributed by atoms with Gasteiger partial charge in [-0.2, -0.15) is 0 Å². The van der Waals surface area contributed by atoms with Crippen LogP contribution < -0.4 is 4.90 Å². The van der Waals surface area contributed by atoms with Crippen LogP contribution in [0.15, 0.2) is 200 Å². The number of fused-ring (bicyclic) bond motifs is 10. The van der Waals surface area contributed by atoms with Crippen molar-refractivity contribution in [2.75, 3.05) is 4.90 Å². The first-order valence-electron chi connectivity index (χ1n) is 19.2. The molecule has 11 aromatic rings. The second-order valence-corrected chi connectivity index (χ2v) is 17.0. The fourth-order valence-electron chi connectivity index (χ4n) is 9.48. The molecule has 1 nitrogen and oxygen atoms in total. The third-order valence-electron chi connectivity index (χ3n) is 11.9. The van der Waals surface area contributed by atoms with E-state index in [1.165, 1.54) is 84.5 Å². The highest BCUT2D eigenvalue weighted by molar-refractivity contribution is 7.26. The maximum absolute atomic E-state index is 2.43. The first kappa shape index (κ1) is 31.8. The van der Waals surface area contributed by atoms with Crippen LogP contribution in [0.2, 0.25) is 0 Å². The van der Waals surface area contributed by atoms with E-state index in [0.29, 0.717) is 0 Å². The van der Waals surface area contributed by atoms with Gasteiger partial charge in [-0.1, -0.05) is 133 Å². The van der Waals surface area contributed by atoms with Gasteiger partial charge in [0.15, 0.2) is 0 Å². The van der Waals surface area contributed by atoms with Crippen LogP contribution in [0, 0.1) is 0 Å². The van der Waals surface area contributed by atoms with E-state index in [1.54, 1.807) is 0 Å². The molecule has 0 atom stereocenters. The Morgan fingerprint density at radius 2 is 0.839 bits per heavy atom. The summed E-state index contributed by atoms with van der Waals surface area (Å²) >= 11 is 3.78. The highest BCUT2D eigenvalue weighted by Gasteiger charge is 2.46. The highest BCUT2D eigenvalue weighted by atomic mass is 32.1. The summed E-state index contributed by atoms with van der Waals surface area (Å²) < 4.78 is 5.30. The first-order chi connectivity index (χ1) is 27.7. The molecule has 0 saturated carbocycles. The fourth-order valence-corrected chi connectivity index (χ4v) is 11.8. The van der Waals surface area contributed by atoms with Crippen molar-refractivity contribution in [3.63, 3.8) is 0 Å². The van der Waals surface area contributed by atoms with Gasteiger partial charge < -0.3 is 4.90 Å². The largest absolute Gasteiger partial charge is 0.310 e. The van der Waals surface area contributed by atoms with Gasteiger partial charge in [-0.25, -0.2) is 0 Å². The molecule has 0 unspecified atom stereocenters. The molecule has 12 rings (SSSR count). The summed E-state index contributed by atoms with van der Waals surface area (Å²) in [5.74, 6) is 0. The van der Waals surface area contributed by atoms with Crippen molar-refractivity contribution in [2.45, 2.75) is 5.41 Å². The lowest BCUT2D eigenvalue weighted by Crippen LogP contribution is -2.28. The van der Waals surface area contributed by atoms with E-state index in [2.05, 4.69) is 205 Å². The minimum atomic E-state index is -0.467. The van der Waals surface area contributed by atoms with E-state index < -0.39 is 5.41 Å². The average molecular weight is 748 g/mol. The summed E-state index contributed by atoms with van der Waals surface area (Å²) in [4.78, 5) is 2.43. The summed E-state index contributed by atoms with van der Waals surface area (Å²) in [7, 11) is 0. The van der Waals surface area contributed by atoms with Crippen LogP contribution in [0.3, 0.4) is 0 Å². The predicted octanol–water partition coefficient (Wildman–Crippen LogP) is 15.4. The molecule has 0 amide bonds. The summed E-state index contributed by atoms with van der Waals surface area (Å²) in [6.45, 7) is 0. The first-order valence-corrected chi connectivity index (χ1v) is 20.8. The Kier molecular flexibility index (Phi) is 6.95. The van der Waals surface area contributed by atoms with Crippen molar-refractivity contribution in [3.05, 3.63) is 222 Å². The topological polar surface area (TPSA) is 3.24 Å². The van der Waals surface area contributed by atoms with Crippen LogP contribution >= 0.6 is 22.7 Å². The Labute approximate surface area is 333 Å². The molecule has 1 aliphatic rings. The number of hydrogen-bond acceptors (Lipinski definition) is 3. The zero-order chi connectivity index (χ0) is 36.8. The second kappa shape index (κ2) is 12.2. The third kappa shape index (κ3) is 4.59. The lowest BCUT2D eigenvalue weighted by Gasteiger charge is -2.35. The van der Waals surface area contributed by atoms with Gasteiger partial charge in [-0.05, 0) is 111 Å². The smallest absolute Gasteiger partial charge is 0.0714 e. The summed E-state index contributed by atoms with van der Waals surface area (Å²) in [5, 5.41) is 7.90. The predicted molar refractivity (Wildman–Crippen MR) is 242 cm³/mol. The molecule has 2 heterocycles. The van der Waals surface area contributed by atoms with Crippen LogP contribution in [0.1, 0.15) is 22.3 Å². The van der Waals surface area contributed by atoms with Gasteiger partial charge >= 0.3 is 0 Å². The van der Waals surface area contributed by atoms with Crippen LogP contribution in [0.25, 0.3) is 62.2 Å². The number of hydrogen-bond donors (Lipinski definition) is 0. The van der Waals surface area contributed by atoms with E-state index in [1.807, 2.05) is 22.7 Å². The number of benzene rings is 9. The van der Waals surface area contributed by atoms with E-state index in [9.17, 15) is 0 Å². The van der Waals surface area contributed by atoms with Crippen molar-refractivity contribution in [2.24, 2.45) is 0 Å². The second-order valence-electron chi connectivity index (χ2n) is 14.9. The Hall–Kier alpha value is -6.52. The molecule has 1 aliphatic carbocycles. The molecule has 0 aliphatic heterocycles. The van der Waals surface area contributed by atoms with Gasteiger partial charge in [0.1, 0.15) is 0 Å². The minimum absolute atomic E-state index is 0.467. The molecule has 0 spiro atoms. The average Bonchev–Trinajstić information content (AvgIpc) is 3.90. The molecule has 0 saturated heterocycles. The molecular formula is C53H33NS2. The summed E-state index contributed by atoms with van der Waals surface area (Å²) in [6.07, 6.45) is 0. The van der Waals surface area contributed by atoms with Gasteiger partial charge in [0.25, 0.3) is 0 Å². The number of rotatable bonds is 5. The monoisotopic (exact) mass is 747 g/mol. The van der Waals surface area contributed by atoms with Crippen molar-refractivity contribution in [1.82, 2.24) is 0 Å². The maximum atomic E-state index is 2.43. The molecule has 0 fully saturated rings. The van der Waals surface area contributed by atoms with Crippen LogP contribution in [-0.4, -0.2) is 0 Å². The van der Waals surface area contributed by atoms with Crippen LogP contribution in [0.4, 0.5) is 17.1 Å². The SMILES string of the molecule is c1ccc(N(c2cccc(C3(c4ccccc4)c4ccccc4-c4ccccc43)c2)c2ccc3c(c2)sc2cc4cc5sc6ccccc6c5cc4cc23)cc1. The normalized spacial score (nSPS) is 13.1. The lowest BCUT2D eigenvalue weighted by molar-refractivity contribution is 0.768. The van der Waals surface area contributed by atoms with E-state index >= 15 is 0 Å². The molecule has 262 valence electrons. The van der Waals surface area contributed by atoms with Gasteiger partial charge in [0, 0.05) is 57.4 Å². The van der Waals surface area contributed by atoms with Crippen molar-refractivity contribution in [3.8, 4) is 11.1 Å². The van der Waals surface area contributed by atoms with E-state index in [-0.39, 0.29) is 0 Å². The molecule has 3 heteroatoms. The van der Waals surface area contributed by atoms with Gasteiger partial charge in [0.05, 0.1) is 5.41 Å². The Morgan fingerprint density at radius 1 is 0.321 bits per heavy atom. The molecule has 0 radical (unpaired) electrons. The van der Waals surface area contributed by atoms with Crippen molar-refractivity contribution in [1.29, 1.82) is 0 Å². The zero-order valence-corrected chi connectivity index (χ0v) is 31.9. The van der Waals surface area contributed by atoms with E-state index in [0.717, 1.165) is 17.1 Å². The van der Waals surface area contributed by atoms with E-state index in [4.69, 9.17) is 0 Å². The molecule has 0 bridgehead atoms. The zero-order valence-electron chi connectivity index (χ0n) is 30.3. The van der Waals surface area contributed by atoms with Gasteiger partial charge in [-0.3, -0.25) is 0 Å². The third-order valence-corrected chi connectivity index (χ3v) is 14.1. The van der Waals surface area contributed by atoms with Crippen LogP contribution in [0.5, 0.6) is 0 Å². The van der Waals surface area contributed by atoms with Gasteiger partial charge in [-0.15, -0.1) is 22.7 Å². The number of para-hydroxylation sites is 1. The summed E-state index contributed by atoms with van der Waals surface area (Å²) in [6, 6.07) is 74.5. The standard InChI is InChI=1S/C53H33NS2/c1-3-14-36(15-4-1)53(47-23-10-7-20-41(47)42-21-8-11-24-48(42)53)37-16-13-19-39(32-37)54(38-17-5-2-6-18-38)40-26-27-44-46-29-34-28-45-43-22-9-12-25-49(43)55-50(45)30-35(34)31-51(46)56-52(44)33-40/h1-33H. The number of nitrogens with zero attached hydrogens (tertiary/aromatic N) is 1. The number of anilines is 3. The minimum Gasteiger partial charge on any atom is -0.310 e.